The first-order valence-corrected chi connectivity index (χ1v) is 7.19. The van der Waals surface area contributed by atoms with Gasteiger partial charge in [0.25, 0.3) is 0 Å². The van der Waals surface area contributed by atoms with Gasteiger partial charge in [-0.2, -0.15) is 0 Å². The van der Waals surface area contributed by atoms with Crippen LogP contribution in [-0.4, -0.2) is 25.5 Å². The van der Waals surface area contributed by atoms with Gasteiger partial charge in [0, 0.05) is 6.54 Å². The third kappa shape index (κ3) is 6.67. The third-order valence-corrected chi connectivity index (χ3v) is 3.72. The first-order chi connectivity index (χ1) is 8.22. The van der Waals surface area contributed by atoms with Crippen molar-refractivity contribution >= 4 is 5.91 Å². The number of carbonyl (C=O) groups is 1. The first kappa shape index (κ1) is 14.5. The maximum atomic E-state index is 11.4. The highest BCUT2D eigenvalue weighted by Crippen LogP contribution is 2.29. The molecule has 0 radical (unpaired) electrons. The Morgan fingerprint density at radius 1 is 1.18 bits per heavy atom. The second-order valence-corrected chi connectivity index (χ2v) is 5.44. The zero-order valence-corrected chi connectivity index (χ0v) is 11.4. The van der Waals surface area contributed by atoms with Gasteiger partial charge in [-0.3, -0.25) is 4.79 Å². The molecule has 3 nitrogen and oxygen atoms in total. The van der Waals surface area contributed by atoms with Crippen molar-refractivity contribution in [1.29, 1.82) is 0 Å². The van der Waals surface area contributed by atoms with Crippen LogP contribution in [0.4, 0.5) is 0 Å². The molecule has 100 valence electrons. The molecule has 0 aliphatic heterocycles. The van der Waals surface area contributed by atoms with E-state index in [0.29, 0.717) is 6.54 Å². The molecule has 0 aromatic heterocycles. The minimum absolute atomic E-state index is 0.141. The molecule has 0 unspecified atom stereocenters. The fourth-order valence-corrected chi connectivity index (χ4v) is 2.47. The highest BCUT2D eigenvalue weighted by Gasteiger charge is 2.17. The van der Waals surface area contributed by atoms with Crippen LogP contribution in [0.15, 0.2) is 0 Å². The molecule has 3 heteroatoms. The highest BCUT2D eigenvalue weighted by atomic mass is 16.1. The minimum Gasteiger partial charge on any atom is -0.355 e. The van der Waals surface area contributed by atoms with E-state index in [4.69, 9.17) is 0 Å². The summed E-state index contributed by atoms with van der Waals surface area (Å²) in [5.74, 6) is 1.90. The maximum Gasteiger partial charge on any atom is 0.233 e. The van der Waals surface area contributed by atoms with E-state index in [-0.39, 0.29) is 5.91 Å². The van der Waals surface area contributed by atoms with Crippen LogP contribution in [0, 0.1) is 11.8 Å². The molecule has 0 bridgehead atoms. The highest BCUT2D eigenvalue weighted by molar-refractivity contribution is 5.77. The summed E-state index contributed by atoms with van der Waals surface area (Å²) >= 11 is 0. The number of carbonyl (C=O) groups excluding carboxylic acids is 1. The molecule has 1 amide bonds. The lowest BCUT2D eigenvalue weighted by Gasteiger charge is -2.26. The average molecular weight is 240 g/mol. The van der Waals surface area contributed by atoms with Crippen LogP contribution in [0.1, 0.15) is 52.4 Å². The van der Waals surface area contributed by atoms with Gasteiger partial charge in [-0.15, -0.1) is 0 Å². The van der Waals surface area contributed by atoms with E-state index >= 15 is 0 Å². The van der Waals surface area contributed by atoms with Gasteiger partial charge >= 0.3 is 0 Å². The van der Waals surface area contributed by atoms with Gasteiger partial charge < -0.3 is 10.6 Å². The van der Waals surface area contributed by atoms with Crippen molar-refractivity contribution < 1.29 is 4.79 Å². The molecule has 1 fully saturated rings. The van der Waals surface area contributed by atoms with Crippen molar-refractivity contribution in [3.8, 4) is 0 Å². The summed E-state index contributed by atoms with van der Waals surface area (Å²) in [6.45, 7) is 6.70. The molecule has 1 aliphatic rings. The van der Waals surface area contributed by atoms with Crippen molar-refractivity contribution in [1.82, 2.24) is 10.6 Å². The Kier molecular flexibility index (Phi) is 7.25. The normalized spacial score (nSPS) is 24.6. The molecule has 1 saturated carbocycles. The number of nitrogens with one attached hydrogen (secondary N) is 2. The van der Waals surface area contributed by atoms with Crippen LogP contribution in [0.3, 0.4) is 0 Å². The number of hydrogen-bond donors (Lipinski definition) is 2. The molecular formula is C14H28N2O. The average Bonchev–Trinajstić information content (AvgIpc) is 2.32. The van der Waals surface area contributed by atoms with Gasteiger partial charge in [0.05, 0.1) is 6.54 Å². The smallest absolute Gasteiger partial charge is 0.233 e. The van der Waals surface area contributed by atoms with Crippen molar-refractivity contribution in [3.05, 3.63) is 0 Å². The Morgan fingerprint density at radius 3 is 2.53 bits per heavy atom. The summed E-state index contributed by atoms with van der Waals surface area (Å²) in [7, 11) is 0. The van der Waals surface area contributed by atoms with Gasteiger partial charge in [0.1, 0.15) is 0 Å². The minimum atomic E-state index is 0.141. The molecule has 1 rings (SSSR count). The summed E-state index contributed by atoms with van der Waals surface area (Å²) in [5.41, 5.74) is 0. The zero-order chi connectivity index (χ0) is 12.5. The van der Waals surface area contributed by atoms with Crippen LogP contribution in [0.5, 0.6) is 0 Å². The molecule has 2 N–H and O–H groups in total. The van der Waals surface area contributed by atoms with E-state index < -0.39 is 0 Å². The monoisotopic (exact) mass is 240 g/mol. The topological polar surface area (TPSA) is 41.1 Å². The SMILES string of the molecule is CCCNCC(=O)NCCC1CCC(C)CC1. The molecule has 17 heavy (non-hydrogen) atoms. The van der Waals surface area contributed by atoms with Gasteiger partial charge in [-0.25, -0.2) is 0 Å². The van der Waals surface area contributed by atoms with Crippen molar-refractivity contribution in [3.63, 3.8) is 0 Å². The molecule has 0 spiro atoms. The second kappa shape index (κ2) is 8.51. The van der Waals surface area contributed by atoms with Crippen LogP contribution in [0.2, 0.25) is 0 Å². The Morgan fingerprint density at radius 2 is 1.88 bits per heavy atom. The summed E-state index contributed by atoms with van der Waals surface area (Å²) < 4.78 is 0. The Hall–Kier alpha value is -0.570. The summed E-state index contributed by atoms with van der Waals surface area (Å²) in [5, 5.41) is 6.12. The van der Waals surface area contributed by atoms with E-state index in [1.54, 1.807) is 0 Å². The molecule has 0 heterocycles. The van der Waals surface area contributed by atoms with E-state index in [0.717, 1.165) is 37.8 Å². The van der Waals surface area contributed by atoms with Gasteiger partial charge in [0.15, 0.2) is 0 Å². The Balaban J connectivity index is 1.97. The Bertz CT molecular complexity index is 210. The zero-order valence-electron chi connectivity index (χ0n) is 11.4. The molecule has 0 atom stereocenters. The van der Waals surface area contributed by atoms with Gasteiger partial charge in [-0.05, 0) is 31.2 Å². The maximum absolute atomic E-state index is 11.4. The molecular weight excluding hydrogens is 212 g/mol. The van der Waals surface area contributed by atoms with E-state index in [9.17, 15) is 4.79 Å². The lowest BCUT2D eigenvalue weighted by Crippen LogP contribution is -2.35. The summed E-state index contributed by atoms with van der Waals surface area (Å²) in [4.78, 5) is 11.4. The lowest BCUT2D eigenvalue weighted by molar-refractivity contribution is -0.120. The number of hydrogen-bond acceptors (Lipinski definition) is 2. The summed E-state index contributed by atoms with van der Waals surface area (Å²) in [6, 6.07) is 0. The Labute approximate surface area is 106 Å². The third-order valence-electron chi connectivity index (χ3n) is 3.72. The lowest BCUT2D eigenvalue weighted by atomic mass is 9.81. The number of rotatable bonds is 7. The fourth-order valence-electron chi connectivity index (χ4n) is 2.47. The predicted molar refractivity (Wildman–Crippen MR) is 71.9 cm³/mol. The van der Waals surface area contributed by atoms with Crippen LogP contribution in [0.25, 0.3) is 0 Å². The van der Waals surface area contributed by atoms with E-state index in [1.165, 1.54) is 25.7 Å². The quantitative estimate of drug-likeness (QED) is 0.671. The van der Waals surface area contributed by atoms with Crippen molar-refractivity contribution in [2.75, 3.05) is 19.6 Å². The van der Waals surface area contributed by atoms with E-state index in [1.807, 2.05) is 0 Å². The van der Waals surface area contributed by atoms with Gasteiger partial charge in [-0.1, -0.05) is 39.5 Å². The van der Waals surface area contributed by atoms with Crippen LogP contribution >= 0.6 is 0 Å². The van der Waals surface area contributed by atoms with Crippen molar-refractivity contribution in [2.45, 2.75) is 52.4 Å². The number of amides is 1. The second-order valence-electron chi connectivity index (χ2n) is 5.44. The fraction of sp³-hybridized carbons (Fsp3) is 0.929. The van der Waals surface area contributed by atoms with Crippen molar-refractivity contribution in [2.24, 2.45) is 11.8 Å². The first-order valence-electron chi connectivity index (χ1n) is 7.19. The van der Waals surface area contributed by atoms with Crippen LogP contribution in [-0.2, 0) is 4.79 Å². The molecule has 1 aliphatic carbocycles. The molecule has 0 aromatic carbocycles. The predicted octanol–water partition coefficient (Wildman–Crippen LogP) is 2.32. The van der Waals surface area contributed by atoms with Gasteiger partial charge in [0.2, 0.25) is 5.91 Å². The van der Waals surface area contributed by atoms with Crippen LogP contribution < -0.4 is 10.6 Å². The molecule has 0 saturated heterocycles. The van der Waals surface area contributed by atoms with E-state index in [2.05, 4.69) is 24.5 Å². The standard InChI is InChI=1S/C14H28N2O/c1-3-9-15-11-14(17)16-10-8-13-6-4-12(2)5-7-13/h12-13,15H,3-11H2,1-2H3,(H,16,17). The summed E-state index contributed by atoms with van der Waals surface area (Å²) in [6.07, 6.45) is 7.68. The molecule has 0 aromatic rings. The largest absolute Gasteiger partial charge is 0.355 e.